The Morgan fingerprint density at radius 2 is 1.90 bits per heavy atom. The second-order valence-electron chi connectivity index (χ2n) is 4.99. The summed E-state index contributed by atoms with van der Waals surface area (Å²) in [5.74, 6) is -0.959. The van der Waals surface area contributed by atoms with Gasteiger partial charge in [0.05, 0.1) is 6.07 Å². The molecule has 3 nitrogen and oxygen atoms in total. The van der Waals surface area contributed by atoms with E-state index in [0.29, 0.717) is 11.1 Å². The van der Waals surface area contributed by atoms with Crippen LogP contribution in [0.4, 0.5) is 0 Å². The minimum absolute atomic E-state index is 0.157. The first-order valence-electron chi connectivity index (χ1n) is 6.46. The lowest BCUT2D eigenvalue weighted by molar-refractivity contribution is 0.0977. The van der Waals surface area contributed by atoms with Crippen molar-refractivity contribution >= 4 is 5.78 Å². The molecule has 0 aliphatic rings. The molecule has 0 aliphatic heterocycles. The molecule has 2 rings (SSSR count). The number of benzene rings is 1. The Hall–Kier alpha value is -2.47. The van der Waals surface area contributed by atoms with Crippen molar-refractivity contribution in [3.05, 3.63) is 64.5 Å². The Labute approximate surface area is 118 Å². The van der Waals surface area contributed by atoms with Crippen LogP contribution < -0.4 is 0 Å². The van der Waals surface area contributed by atoms with Crippen molar-refractivity contribution in [1.29, 1.82) is 5.26 Å². The highest BCUT2D eigenvalue weighted by Crippen LogP contribution is 2.25. The summed E-state index contributed by atoms with van der Waals surface area (Å²) in [4.78, 5) is 16.7. The van der Waals surface area contributed by atoms with Gasteiger partial charge < -0.3 is 0 Å². The zero-order valence-electron chi connectivity index (χ0n) is 11.8. The lowest BCUT2D eigenvalue weighted by Gasteiger charge is -2.13. The average Bonchev–Trinajstić information content (AvgIpc) is 2.39. The Balaban J connectivity index is 2.48. The summed E-state index contributed by atoms with van der Waals surface area (Å²) >= 11 is 0. The van der Waals surface area contributed by atoms with Gasteiger partial charge >= 0.3 is 0 Å². The molecule has 1 unspecified atom stereocenters. The molecule has 2 aromatic rings. The Kier molecular flexibility index (Phi) is 3.95. The van der Waals surface area contributed by atoms with Crippen molar-refractivity contribution in [2.75, 3.05) is 0 Å². The van der Waals surface area contributed by atoms with Crippen LogP contribution in [-0.2, 0) is 0 Å². The van der Waals surface area contributed by atoms with Crippen LogP contribution in [0.3, 0.4) is 0 Å². The van der Waals surface area contributed by atoms with Crippen LogP contribution in [-0.4, -0.2) is 10.8 Å². The maximum atomic E-state index is 12.7. The first-order chi connectivity index (χ1) is 9.54. The Bertz CT molecular complexity index is 661. The fourth-order valence-corrected chi connectivity index (χ4v) is 2.54. The van der Waals surface area contributed by atoms with E-state index in [1.165, 1.54) is 0 Å². The molecule has 0 bridgehead atoms. The topological polar surface area (TPSA) is 53.8 Å². The molecule has 1 heterocycles. The summed E-state index contributed by atoms with van der Waals surface area (Å²) in [5.41, 5.74) is 4.23. The van der Waals surface area contributed by atoms with Crippen LogP contribution in [0.2, 0.25) is 0 Å². The van der Waals surface area contributed by atoms with E-state index in [-0.39, 0.29) is 5.78 Å². The number of aromatic nitrogens is 1. The molecule has 0 spiro atoms. The molecule has 100 valence electrons. The van der Waals surface area contributed by atoms with Crippen LogP contribution in [0.1, 0.15) is 38.5 Å². The number of carbonyl (C=O) groups excluding carboxylic acids is 1. The zero-order valence-corrected chi connectivity index (χ0v) is 11.8. The maximum Gasteiger partial charge on any atom is 0.185 e. The number of hydrogen-bond donors (Lipinski definition) is 0. The summed E-state index contributed by atoms with van der Waals surface area (Å²) in [6.45, 7) is 5.81. The van der Waals surface area contributed by atoms with Gasteiger partial charge in [-0.2, -0.15) is 5.26 Å². The number of pyridine rings is 1. The zero-order chi connectivity index (χ0) is 14.7. The highest BCUT2D eigenvalue weighted by Gasteiger charge is 2.24. The van der Waals surface area contributed by atoms with Crippen molar-refractivity contribution in [2.24, 2.45) is 0 Å². The molecular weight excluding hydrogens is 248 g/mol. The van der Waals surface area contributed by atoms with Crippen molar-refractivity contribution < 1.29 is 4.79 Å². The highest BCUT2D eigenvalue weighted by molar-refractivity contribution is 6.04. The summed E-state index contributed by atoms with van der Waals surface area (Å²) in [5, 5.41) is 9.35. The first-order valence-corrected chi connectivity index (χ1v) is 6.46. The monoisotopic (exact) mass is 264 g/mol. The lowest BCUT2D eigenvalue weighted by atomic mass is 9.87. The third-order valence-corrected chi connectivity index (χ3v) is 3.33. The second-order valence-corrected chi connectivity index (χ2v) is 4.99. The van der Waals surface area contributed by atoms with E-state index in [4.69, 9.17) is 0 Å². The smallest absolute Gasteiger partial charge is 0.185 e. The standard InChI is InChI=1S/C17H16N2O/c1-11-7-12(2)16(13(3)8-11)17(20)15(9-18)14-5-4-6-19-10-14/h4-8,10,15H,1-3H3. The third kappa shape index (κ3) is 2.60. The van der Waals surface area contributed by atoms with E-state index in [2.05, 4.69) is 11.1 Å². The SMILES string of the molecule is Cc1cc(C)c(C(=O)C(C#N)c2cccnc2)c(C)c1. The maximum absolute atomic E-state index is 12.7. The molecule has 1 aromatic heterocycles. The summed E-state index contributed by atoms with van der Waals surface area (Å²) in [6.07, 6.45) is 3.20. The fraction of sp³-hybridized carbons (Fsp3) is 0.235. The third-order valence-electron chi connectivity index (χ3n) is 3.33. The van der Waals surface area contributed by atoms with Gasteiger partial charge in [0.15, 0.2) is 5.78 Å². The molecule has 1 aromatic carbocycles. The van der Waals surface area contributed by atoms with Crippen LogP contribution in [0.25, 0.3) is 0 Å². The first kappa shape index (κ1) is 14.0. The number of nitrogens with zero attached hydrogens (tertiary/aromatic N) is 2. The van der Waals surface area contributed by atoms with E-state index < -0.39 is 5.92 Å². The predicted octanol–water partition coefficient (Wildman–Crippen LogP) is 3.50. The number of Topliss-reactive ketones (excluding diaryl/α,β-unsaturated/α-hetero) is 1. The second kappa shape index (κ2) is 5.66. The number of ketones is 1. The van der Waals surface area contributed by atoms with Crippen LogP contribution in [0.5, 0.6) is 0 Å². The predicted molar refractivity (Wildman–Crippen MR) is 77.6 cm³/mol. The van der Waals surface area contributed by atoms with Gasteiger partial charge in [-0.3, -0.25) is 9.78 Å². The van der Waals surface area contributed by atoms with Gasteiger partial charge in [-0.15, -0.1) is 0 Å². The molecule has 0 aliphatic carbocycles. The van der Waals surface area contributed by atoms with Crippen molar-refractivity contribution in [3.63, 3.8) is 0 Å². The normalized spacial score (nSPS) is 11.7. The molecule has 0 saturated heterocycles. The number of nitriles is 1. The molecule has 0 fully saturated rings. The van der Waals surface area contributed by atoms with Gasteiger partial charge in [-0.25, -0.2) is 0 Å². The molecule has 1 atom stereocenters. The fourth-order valence-electron chi connectivity index (χ4n) is 2.54. The summed E-state index contributed by atoms with van der Waals surface area (Å²) in [6, 6.07) is 9.54. The minimum Gasteiger partial charge on any atom is -0.292 e. The molecule has 0 N–H and O–H groups in total. The van der Waals surface area contributed by atoms with E-state index in [9.17, 15) is 10.1 Å². The molecule has 0 saturated carbocycles. The van der Waals surface area contributed by atoms with Crippen molar-refractivity contribution in [3.8, 4) is 6.07 Å². The molecule has 20 heavy (non-hydrogen) atoms. The van der Waals surface area contributed by atoms with Gasteiger partial charge in [0.2, 0.25) is 0 Å². The molecule has 0 amide bonds. The van der Waals surface area contributed by atoms with Gasteiger partial charge in [0.25, 0.3) is 0 Å². The van der Waals surface area contributed by atoms with Crippen LogP contribution in [0, 0.1) is 32.1 Å². The van der Waals surface area contributed by atoms with E-state index >= 15 is 0 Å². The lowest BCUT2D eigenvalue weighted by Crippen LogP contribution is -2.14. The van der Waals surface area contributed by atoms with Gasteiger partial charge in [-0.05, 0) is 43.5 Å². The van der Waals surface area contributed by atoms with E-state index in [1.54, 1.807) is 24.5 Å². The number of rotatable bonds is 3. The molecular formula is C17H16N2O. The molecule has 3 heteroatoms. The van der Waals surface area contributed by atoms with Crippen LogP contribution >= 0.6 is 0 Å². The molecule has 0 radical (unpaired) electrons. The number of hydrogen-bond acceptors (Lipinski definition) is 3. The number of carbonyl (C=O) groups is 1. The van der Waals surface area contributed by atoms with Crippen molar-refractivity contribution in [1.82, 2.24) is 4.98 Å². The van der Waals surface area contributed by atoms with E-state index in [0.717, 1.165) is 16.7 Å². The minimum atomic E-state index is -0.802. The van der Waals surface area contributed by atoms with Gasteiger partial charge in [0, 0.05) is 18.0 Å². The summed E-state index contributed by atoms with van der Waals surface area (Å²) in [7, 11) is 0. The average molecular weight is 264 g/mol. The van der Waals surface area contributed by atoms with Gasteiger partial charge in [-0.1, -0.05) is 23.8 Å². The quantitative estimate of drug-likeness (QED) is 0.797. The van der Waals surface area contributed by atoms with Gasteiger partial charge in [0.1, 0.15) is 5.92 Å². The largest absolute Gasteiger partial charge is 0.292 e. The summed E-state index contributed by atoms with van der Waals surface area (Å²) < 4.78 is 0. The number of aryl methyl sites for hydroxylation is 3. The van der Waals surface area contributed by atoms with Crippen molar-refractivity contribution in [2.45, 2.75) is 26.7 Å². The Morgan fingerprint density at radius 3 is 2.40 bits per heavy atom. The van der Waals surface area contributed by atoms with E-state index in [1.807, 2.05) is 32.9 Å². The van der Waals surface area contributed by atoms with Crippen LogP contribution in [0.15, 0.2) is 36.7 Å². The Morgan fingerprint density at radius 1 is 1.25 bits per heavy atom. The highest BCUT2D eigenvalue weighted by atomic mass is 16.1.